The molecule has 0 aromatic rings. The Kier molecular flexibility index (Phi) is 3.17. The molecular formula is C10H15N3O. The molecule has 4 heteroatoms. The van der Waals surface area contributed by atoms with Gasteiger partial charge < -0.3 is 5.32 Å². The third-order valence-electron chi connectivity index (χ3n) is 2.11. The number of allylic oxidation sites excluding steroid dienone is 1. The maximum Gasteiger partial charge on any atom is 0.252 e. The van der Waals surface area contributed by atoms with Gasteiger partial charge in [0.05, 0.1) is 0 Å². The van der Waals surface area contributed by atoms with Crippen LogP contribution in [0.2, 0.25) is 0 Å². The number of amidine groups is 1. The van der Waals surface area contributed by atoms with E-state index in [2.05, 4.69) is 15.5 Å². The van der Waals surface area contributed by atoms with Gasteiger partial charge in [-0.05, 0) is 27.7 Å². The minimum Gasteiger partial charge on any atom is -0.309 e. The predicted octanol–water partition coefficient (Wildman–Crippen LogP) is 1.64. The Bertz CT molecular complexity index is 346. The van der Waals surface area contributed by atoms with Crippen LogP contribution in [0.15, 0.2) is 21.3 Å². The van der Waals surface area contributed by atoms with Gasteiger partial charge in [-0.1, -0.05) is 5.57 Å². The van der Waals surface area contributed by atoms with E-state index in [1.54, 1.807) is 6.92 Å². The molecule has 0 aromatic heterocycles. The summed E-state index contributed by atoms with van der Waals surface area (Å²) in [6.45, 7) is 7.50. The molecule has 0 saturated heterocycles. The molecule has 0 aromatic carbocycles. The number of hydrogen-bond acceptors (Lipinski definition) is 3. The van der Waals surface area contributed by atoms with Crippen molar-refractivity contribution in [2.45, 2.75) is 34.1 Å². The van der Waals surface area contributed by atoms with Crippen LogP contribution in [0.1, 0.15) is 34.1 Å². The lowest BCUT2D eigenvalue weighted by molar-refractivity contribution is -0.116. The van der Waals surface area contributed by atoms with Crippen LogP contribution in [0.5, 0.6) is 0 Å². The Morgan fingerprint density at radius 1 is 1.29 bits per heavy atom. The fraction of sp³-hybridized carbons (Fsp3) is 0.500. The maximum absolute atomic E-state index is 11.5. The molecule has 0 radical (unpaired) electrons. The summed E-state index contributed by atoms with van der Waals surface area (Å²) in [4.78, 5) is 11.5. The number of rotatable bonds is 1. The SMILES string of the molecule is CC1=NN=C(NC(=O)C(C)=C(C)C)C1. The molecule has 14 heavy (non-hydrogen) atoms. The van der Waals surface area contributed by atoms with Crippen LogP contribution in [0.4, 0.5) is 0 Å². The standard InChI is InChI=1S/C10H15N3O/c1-6(2)8(4)10(14)11-9-5-7(3)12-13-9/h5H2,1-4H3,(H,11,13,14). The van der Waals surface area contributed by atoms with Gasteiger partial charge in [-0.2, -0.15) is 5.10 Å². The van der Waals surface area contributed by atoms with Crippen molar-refractivity contribution in [3.63, 3.8) is 0 Å². The molecular weight excluding hydrogens is 178 g/mol. The first-order valence-electron chi connectivity index (χ1n) is 4.56. The quantitative estimate of drug-likeness (QED) is 0.632. The Morgan fingerprint density at radius 3 is 2.36 bits per heavy atom. The molecule has 0 aliphatic carbocycles. The molecule has 1 N–H and O–H groups in total. The summed E-state index contributed by atoms with van der Waals surface area (Å²) in [6, 6.07) is 0. The fourth-order valence-corrected chi connectivity index (χ4v) is 0.980. The van der Waals surface area contributed by atoms with Crippen molar-refractivity contribution in [1.29, 1.82) is 0 Å². The Balaban J connectivity index is 2.56. The van der Waals surface area contributed by atoms with E-state index in [1.165, 1.54) is 0 Å². The lowest BCUT2D eigenvalue weighted by atomic mass is 10.1. The van der Waals surface area contributed by atoms with E-state index < -0.39 is 0 Å². The van der Waals surface area contributed by atoms with Crippen LogP contribution in [-0.4, -0.2) is 17.5 Å². The number of nitrogens with zero attached hydrogens (tertiary/aromatic N) is 2. The molecule has 0 spiro atoms. The average molecular weight is 193 g/mol. The lowest BCUT2D eigenvalue weighted by Gasteiger charge is -2.05. The van der Waals surface area contributed by atoms with E-state index in [1.807, 2.05) is 20.8 Å². The third kappa shape index (κ3) is 2.52. The Hall–Kier alpha value is -1.45. The number of carbonyl (C=O) groups is 1. The zero-order valence-electron chi connectivity index (χ0n) is 9.01. The van der Waals surface area contributed by atoms with Crippen molar-refractivity contribution in [2.75, 3.05) is 0 Å². The van der Waals surface area contributed by atoms with E-state index in [-0.39, 0.29) is 5.91 Å². The van der Waals surface area contributed by atoms with Crippen molar-refractivity contribution < 1.29 is 4.79 Å². The van der Waals surface area contributed by atoms with Gasteiger partial charge >= 0.3 is 0 Å². The minimum atomic E-state index is -0.0892. The molecule has 1 aliphatic rings. The summed E-state index contributed by atoms with van der Waals surface area (Å²) in [5.41, 5.74) is 2.67. The third-order valence-corrected chi connectivity index (χ3v) is 2.11. The Labute approximate surface area is 83.8 Å². The molecule has 1 amide bonds. The summed E-state index contributed by atoms with van der Waals surface area (Å²) in [7, 11) is 0. The fourth-order valence-electron chi connectivity index (χ4n) is 0.980. The molecule has 0 atom stereocenters. The highest BCUT2D eigenvalue weighted by atomic mass is 16.1. The first-order valence-corrected chi connectivity index (χ1v) is 4.56. The number of amides is 1. The van der Waals surface area contributed by atoms with Crippen molar-refractivity contribution in [3.05, 3.63) is 11.1 Å². The van der Waals surface area contributed by atoms with Gasteiger partial charge in [-0.3, -0.25) is 4.79 Å². The van der Waals surface area contributed by atoms with Crippen molar-refractivity contribution in [3.8, 4) is 0 Å². The van der Waals surface area contributed by atoms with E-state index >= 15 is 0 Å². The molecule has 0 bridgehead atoms. The van der Waals surface area contributed by atoms with Crippen molar-refractivity contribution >= 4 is 17.5 Å². The number of carbonyl (C=O) groups excluding carboxylic acids is 1. The van der Waals surface area contributed by atoms with E-state index in [0.717, 1.165) is 16.9 Å². The molecule has 0 fully saturated rings. The largest absolute Gasteiger partial charge is 0.309 e. The Morgan fingerprint density at radius 2 is 1.93 bits per heavy atom. The highest BCUT2D eigenvalue weighted by Gasteiger charge is 2.13. The van der Waals surface area contributed by atoms with Gasteiger partial charge in [0.25, 0.3) is 5.91 Å². The molecule has 76 valence electrons. The minimum absolute atomic E-state index is 0.0892. The lowest BCUT2D eigenvalue weighted by Crippen LogP contribution is -2.31. The highest BCUT2D eigenvalue weighted by molar-refractivity contribution is 6.13. The predicted molar refractivity (Wildman–Crippen MR) is 57.4 cm³/mol. The molecule has 1 aliphatic heterocycles. The summed E-state index contributed by atoms with van der Waals surface area (Å²) in [5, 5.41) is 10.4. The second kappa shape index (κ2) is 4.17. The van der Waals surface area contributed by atoms with Crippen LogP contribution < -0.4 is 5.32 Å². The smallest absolute Gasteiger partial charge is 0.252 e. The molecule has 1 rings (SSSR count). The average Bonchev–Trinajstić information content (AvgIpc) is 2.49. The topological polar surface area (TPSA) is 53.8 Å². The summed E-state index contributed by atoms with van der Waals surface area (Å²) < 4.78 is 0. The van der Waals surface area contributed by atoms with Gasteiger partial charge in [-0.25, -0.2) is 0 Å². The van der Waals surface area contributed by atoms with Gasteiger partial charge in [0.15, 0.2) is 0 Å². The van der Waals surface area contributed by atoms with Crippen LogP contribution >= 0.6 is 0 Å². The van der Waals surface area contributed by atoms with Gasteiger partial charge in [0, 0.05) is 17.7 Å². The zero-order valence-corrected chi connectivity index (χ0v) is 9.01. The summed E-state index contributed by atoms with van der Waals surface area (Å²) in [6.07, 6.45) is 0.641. The van der Waals surface area contributed by atoms with Crippen LogP contribution in [0.25, 0.3) is 0 Å². The summed E-state index contributed by atoms with van der Waals surface area (Å²) >= 11 is 0. The normalized spacial score (nSPS) is 14.6. The van der Waals surface area contributed by atoms with E-state index in [9.17, 15) is 4.79 Å². The summed E-state index contributed by atoms with van der Waals surface area (Å²) in [5.74, 6) is 0.543. The van der Waals surface area contributed by atoms with Gasteiger partial charge in [0.2, 0.25) is 0 Å². The molecule has 0 saturated carbocycles. The van der Waals surface area contributed by atoms with Crippen LogP contribution in [-0.2, 0) is 4.79 Å². The number of nitrogens with one attached hydrogen (secondary N) is 1. The van der Waals surface area contributed by atoms with E-state index in [0.29, 0.717) is 12.3 Å². The molecule has 1 heterocycles. The molecule has 4 nitrogen and oxygen atoms in total. The van der Waals surface area contributed by atoms with Gasteiger partial charge in [-0.15, -0.1) is 5.10 Å². The first kappa shape index (κ1) is 10.6. The monoisotopic (exact) mass is 193 g/mol. The van der Waals surface area contributed by atoms with Crippen molar-refractivity contribution in [2.24, 2.45) is 10.2 Å². The van der Waals surface area contributed by atoms with Crippen LogP contribution in [0, 0.1) is 0 Å². The first-order chi connectivity index (χ1) is 6.50. The second-order valence-corrected chi connectivity index (χ2v) is 3.64. The van der Waals surface area contributed by atoms with Crippen molar-refractivity contribution in [1.82, 2.24) is 5.32 Å². The second-order valence-electron chi connectivity index (χ2n) is 3.64. The number of hydrogen-bond donors (Lipinski definition) is 1. The van der Waals surface area contributed by atoms with Gasteiger partial charge in [0.1, 0.15) is 5.84 Å². The van der Waals surface area contributed by atoms with E-state index in [4.69, 9.17) is 0 Å². The molecule has 0 unspecified atom stereocenters. The van der Waals surface area contributed by atoms with Crippen LogP contribution in [0.3, 0.4) is 0 Å². The highest BCUT2D eigenvalue weighted by Crippen LogP contribution is 2.04. The maximum atomic E-state index is 11.5. The zero-order chi connectivity index (χ0) is 10.7.